The van der Waals surface area contributed by atoms with Gasteiger partial charge in [-0.2, -0.15) is 0 Å². The summed E-state index contributed by atoms with van der Waals surface area (Å²) in [5.74, 6) is 0.431. The molecule has 2 N–H and O–H groups in total. The Labute approximate surface area is 159 Å². The highest BCUT2D eigenvalue weighted by Gasteiger charge is 2.16. The lowest BCUT2D eigenvalue weighted by molar-refractivity contribution is 0.0912. The molecule has 0 saturated heterocycles. The van der Waals surface area contributed by atoms with Crippen molar-refractivity contribution in [3.05, 3.63) is 77.1 Å². The maximum Gasteiger partial charge on any atom is 0.254 e. The topological polar surface area (TPSA) is 88.2 Å². The Morgan fingerprint density at radius 1 is 1.33 bits per heavy atom. The largest absolute Gasteiger partial charge is 0.387 e. The summed E-state index contributed by atoms with van der Waals surface area (Å²) in [6.45, 7) is 1.77. The standard InChI is InChI=1S/C19H18FN3O3S/c1-12-8-15(23-26-12)11-27-19-16(6-3-7-21-19)18(25)22-10-17(24)13-4-2-5-14(20)9-13/h2-9,17,24H,10-11H2,1H3,(H,22,25). The summed E-state index contributed by atoms with van der Waals surface area (Å²) >= 11 is 1.37. The van der Waals surface area contributed by atoms with Gasteiger partial charge in [0.15, 0.2) is 0 Å². The van der Waals surface area contributed by atoms with E-state index in [4.69, 9.17) is 4.52 Å². The van der Waals surface area contributed by atoms with Crippen LogP contribution in [0.4, 0.5) is 4.39 Å². The molecule has 0 aliphatic heterocycles. The number of carbonyl (C=O) groups excluding carboxylic acids is 1. The van der Waals surface area contributed by atoms with E-state index in [1.807, 2.05) is 13.0 Å². The maximum absolute atomic E-state index is 13.2. The highest BCUT2D eigenvalue weighted by Crippen LogP contribution is 2.24. The molecule has 1 atom stereocenters. The van der Waals surface area contributed by atoms with Crippen LogP contribution in [0.5, 0.6) is 0 Å². The highest BCUT2D eigenvalue weighted by atomic mass is 32.2. The van der Waals surface area contributed by atoms with Gasteiger partial charge >= 0.3 is 0 Å². The molecule has 0 spiro atoms. The number of carbonyl (C=O) groups is 1. The van der Waals surface area contributed by atoms with Crippen LogP contribution in [0.25, 0.3) is 0 Å². The lowest BCUT2D eigenvalue weighted by atomic mass is 10.1. The third kappa shape index (κ3) is 5.15. The van der Waals surface area contributed by atoms with Crippen molar-refractivity contribution in [3.63, 3.8) is 0 Å². The molecule has 0 radical (unpaired) electrons. The number of nitrogens with zero attached hydrogens (tertiary/aromatic N) is 2. The normalized spacial score (nSPS) is 12.0. The number of pyridine rings is 1. The van der Waals surface area contributed by atoms with Gasteiger partial charge in [0.1, 0.15) is 16.6 Å². The first-order chi connectivity index (χ1) is 13.0. The molecular formula is C19H18FN3O3S. The smallest absolute Gasteiger partial charge is 0.254 e. The van der Waals surface area contributed by atoms with Crippen molar-refractivity contribution in [2.75, 3.05) is 6.54 Å². The fourth-order valence-corrected chi connectivity index (χ4v) is 3.30. The number of aromatic nitrogens is 2. The van der Waals surface area contributed by atoms with E-state index in [-0.39, 0.29) is 12.5 Å². The van der Waals surface area contributed by atoms with Crippen LogP contribution in [0.3, 0.4) is 0 Å². The number of benzene rings is 1. The van der Waals surface area contributed by atoms with Gasteiger partial charge in [-0.15, -0.1) is 0 Å². The van der Waals surface area contributed by atoms with Crippen LogP contribution in [0.1, 0.15) is 33.5 Å². The monoisotopic (exact) mass is 387 g/mol. The number of hydrogen-bond acceptors (Lipinski definition) is 6. The van der Waals surface area contributed by atoms with E-state index in [2.05, 4.69) is 15.5 Å². The van der Waals surface area contributed by atoms with Gasteiger partial charge in [-0.1, -0.05) is 29.1 Å². The fraction of sp³-hybridized carbons (Fsp3) is 0.211. The van der Waals surface area contributed by atoms with E-state index in [0.717, 1.165) is 11.5 Å². The Balaban J connectivity index is 1.62. The summed E-state index contributed by atoms with van der Waals surface area (Å²) in [6, 6.07) is 10.8. The van der Waals surface area contributed by atoms with E-state index in [9.17, 15) is 14.3 Å². The van der Waals surface area contributed by atoms with Crippen LogP contribution in [0, 0.1) is 12.7 Å². The zero-order valence-electron chi connectivity index (χ0n) is 14.6. The summed E-state index contributed by atoms with van der Waals surface area (Å²) < 4.78 is 18.3. The van der Waals surface area contributed by atoms with Gasteiger partial charge in [-0.3, -0.25) is 4.79 Å². The van der Waals surface area contributed by atoms with Crippen LogP contribution >= 0.6 is 11.8 Å². The molecule has 0 fully saturated rings. The van der Waals surface area contributed by atoms with Crippen LogP contribution in [-0.2, 0) is 5.75 Å². The van der Waals surface area contributed by atoms with Gasteiger partial charge in [0.05, 0.1) is 17.4 Å². The number of hydrogen-bond donors (Lipinski definition) is 2. The summed E-state index contributed by atoms with van der Waals surface area (Å²) in [5, 5.41) is 17.3. The average molecular weight is 387 g/mol. The lowest BCUT2D eigenvalue weighted by Gasteiger charge is -2.13. The van der Waals surface area contributed by atoms with Crippen molar-refractivity contribution in [1.29, 1.82) is 0 Å². The van der Waals surface area contributed by atoms with Gasteiger partial charge in [-0.25, -0.2) is 9.37 Å². The molecule has 1 amide bonds. The third-order valence-corrected chi connectivity index (χ3v) is 4.78. The Kier molecular flexibility index (Phi) is 6.20. The van der Waals surface area contributed by atoms with Crippen LogP contribution < -0.4 is 5.32 Å². The van der Waals surface area contributed by atoms with Crippen LogP contribution in [0.2, 0.25) is 0 Å². The van der Waals surface area contributed by atoms with Gasteiger partial charge in [0.2, 0.25) is 0 Å². The Morgan fingerprint density at radius 3 is 2.93 bits per heavy atom. The Morgan fingerprint density at radius 2 is 2.19 bits per heavy atom. The van der Waals surface area contributed by atoms with Crippen molar-refractivity contribution in [1.82, 2.24) is 15.5 Å². The molecule has 6 nitrogen and oxygen atoms in total. The van der Waals surface area contributed by atoms with Crippen molar-refractivity contribution in [2.24, 2.45) is 0 Å². The molecule has 3 aromatic rings. The second kappa shape index (κ2) is 8.79. The molecule has 1 unspecified atom stereocenters. The molecule has 3 rings (SSSR count). The number of aryl methyl sites for hydroxylation is 1. The zero-order chi connectivity index (χ0) is 19.2. The van der Waals surface area contributed by atoms with Crippen molar-refractivity contribution < 1.29 is 18.8 Å². The number of amides is 1. The molecule has 27 heavy (non-hydrogen) atoms. The van der Waals surface area contributed by atoms with Gasteiger partial charge in [-0.05, 0) is 36.8 Å². The SMILES string of the molecule is Cc1cc(CSc2ncccc2C(=O)NCC(O)c2cccc(F)c2)no1. The first kappa shape index (κ1) is 19.1. The van der Waals surface area contributed by atoms with E-state index < -0.39 is 11.9 Å². The highest BCUT2D eigenvalue weighted by molar-refractivity contribution is 7.98. The number of aliphatic hydroxyl groups excluding tert-OH is 1. The molecule has 2 heterocycles. The van der Waals surface area contributed by atoms with Crippen LogP contribution in [-0.4, -0.2) is 27.7 Å². The minimum absolute atomic E-state index is 0.0379. The Bertz CT molecular complexity index is 932. The van der Waals surface area contributed by atoms with E-state index in [1.165, 1.54) is 30.0 Å². The maximum atomic E-state index is 13.2. The van der Waals surface area contributed by atoms with Gasteiger partial charge < -0.3 is 14.9 Å². The molecule has 8 heteroatoms. The second-order valence-corrected chi connectivity index (χ2v) is 6.82. The van der Waals surface area contributed by atoms with Gasteiger partial charge in [0, 0.05) is 24.6 Å². The van der Waals surface area contributed by atoms with E-state index >= 15 is 0 Å². The number of nitrogens with one attached hydrogen (secondary N) is 1. The molecule has 140 valence electrons. The number of thioether (sulfide) groups is 1. The minimum Gasteiger partial charge on any atom is -0.387 e. The number of aliphatic hydroxyl groups is 1. The van der Waals surface area contributed by atoms with Crippen LogP contribution in [0.15, 0.2) is 58.2 Å². The van der Waals surface area contributed by atoms with Gasteiger partial charge in [0.25, 0.3) is 5.91 Å². The molecule has 1 aromatic carbocycles. The molecule has 0 saturated carbocycles. The van der Waals surface area contributed by atoms with Crippen molar-refractivity contribution in [2.45, 2.75) is 23.8 Å². The lowest BCUT2D eigenvalue weighted by Crippen LogP contribution is -2.29. The number of rotatable bonds is 7. The van der Waals surface area contributed by atoms with Crippen molar-refractivity contribution >= 4 is 17.7 Å². The van der Waals surface area contributed by atoms with Crippen molar-refractivity contribution in [3.8, 4) is 0 Å². The zero-order valence-corrected chi connectivity index (χ0v) is 15.4. The molecule has 0 bridgehead atoms. The second-order valence-electron chi connectivity index (χ2n) is 5.85. The Hall–Kier alpha value is -2.71. The predicted octanol–water partition coefficient (Wildman–Crippen LogP) is 3.27. The molecule has 0 aliphatic carbocycles. The summed E-state index contributed by atoms with van der Waals surface area (Å²) in [7, 11) is 0. The summed E-state index contributed by atoms with van der Waals surface area (Å²) in [5.41, 5.74) is 1.56. The summed E-state index contributed by atoms with van der Waals surface area (Å²) in [6.07, 6.45) is 0.602. The first-order valence-corrected chi connectivity index (χ1v) is 9.23. The molecule has 0 aliphatic rings. The fourth-order valence-electron chi connectivity index (χ4n) is 2.42. The minimum atomic E-state index is -1.00. The molecular weight excluding hydrogens is 369 g/mol. The summed E-state index contributed by atoms with van der Waals surface area (Å²) in [4.78, 5) is 16.8. The van der Waals surface area contributed by atoms with E-state index in [1.54, 1.807) is 24.4 Å². The predicted molar refractivity (Wildman–Crippen MR) is 98.7 cm³/mol. The third-order valence-electron chi connectivity index (χ3n) is 3.74. The average Bonchev–Trinajstić information content (AvgIpc) is 3.09. The number of halogens is 1. The first-order valence-electron chi connectivity index (χ1n) is 8.24. The van der Waals surface area contributed by atoms with E-state index in [0.29, 0.717) is 21.9 Å². The quantitative estimate of drug-likeness (QED) is 0.605. The molecule has 2 aromatic heterocycles.